The van der Waals surface area contributed by atoms with E-state index in [4.69, 9.17) is 9.47 Å². The molecule has 0 amide bonds. The van der Waals surface area contributed by atoms with Gasteiger partial charge in [-0.1, -0.05) is 0 Å². The first kappa shape index (κ1) is 20.7. The lowest BCUT2D eigenvalue weighted by molar-refractivity contribution is -0.143. The number of esters is 1. The number of carbonyl (C=O) groups is 1. The van der Waals surface area contributed by atoms with Crippen molar-refractivity contribution in [2.45, 2.75) is 39.7 Å². The number of ether oxygens (including phenoxy) is 2. The zero-order valence-electron chi connectivity index (χ0n) is 15.2. The van der Waals surface area contributed by atoms with Gasteiger partial charge in [-0.3, -0.25) is 4.79 Å². The molecule has 0 radical (unpaired) electrons. The molecule has 0 bridgehead atoms. The van der Waals surface area contributed by atoms with Crippen LogP contribution in [0.15, 0.2) is 29.3 Å². The molecule has 1 unspecified atom stereocenters. The van der Waals surface area contributed by atoms with Crippen molar-refractivity contribution in [2.75, 3.05) is 26.2 Å². The first-order valence-electron chi connectivity index (χ1n) is 8.65. The second-order valence-corrected chi connectivity index (χ2v) is 5.44. The first-order valence-corrected chi connectivity index (χ1v) is 8.65. The van der Waals surface area contributed by atoms with Crippen LogP contribution in [-0.4, -0.2) is 44.3 Å². The topological polar surface area (TPSA) is 72.0 Å². The van der Waals surface area contributed by atoms with Gasteiger partial charge in [0, 0.05) is 19.5 Å². The van der Waals surface area contributed by atoms with Gasteiger partial charge in [-0.15, -0.1) is 0 Å². The van der Waals surface area contributed by atoms with E-state index in [2.05, 4.69) is 15.6 Å². The standard InChI is InChI=1S/C18H28FN3O3/c1-4-20-18(21-12-6-7-17(23)24-5-2)22-13-14(3)25-16-10-8-15(19)9-11-16/h8-11,14H,4-7,12-13H2,1-3H3,(H2,20,21,22). The van der Waals surface area contributed by atoms with Gasteiger partial charge >= 0.3 is 5.97 Å². The van der Waals surface area contributed by atoms with Crippen molar-refractivity contribution in [2.24, 2.45) is 4.99 Å². The van der Waals surface area contributed by atoms with Gasteiger partial charge < -0.3 is 20.1 Å². The Balaban J connectivity index is 2.37. The molecule has 0 saturated carbocycles. The van der Waals surface area contributed by atoms with Crippen LogP contribution in [0.25, 0.3) is 0 Å². The lowest BCUT2D eigenvalue weighted by atomic mass is 10.3. The fourth-order valence-corrected chi connectivity index (χ4v) is 2.02. The molecule has 0 spiro atoms. The van der Waals surface area contributed by atoms with E-state index in [9.17, 15) is 9.18 Å². The molecule has 0 aliphatic heterocycles. The van der Waals surface area contributed by atoms with Crippen LogP contribution in [0.4, 0.5) is 4.39 Å². The summed E-state index contributed by atoms with van der Waals surface area (Å²) in [4.78, 5) is 15.7. The molecular formula is C18H28FN3O3. The van der Waals surface area contributed by atoms with E-state index in [-0.39, 0.29) is 17.9 Å². The fourth-order valence-electron chi connectivity index (χ4n) is 2.02. The monoisotopic (exact) mass is 353 g/mol. The Labute approximate surface area is 148 Å². The minimum absolute atomic E-state index is 0.152. The average Bonchev–Trinajstić information content (AvgIpc) is 2.58. The molecule has 1 rings (SSSR count). The predicted molar refractivity (Wildman–Crippen MR) is 96.3 cm³/mol. The molecule has 0 saturated heterocycles. The highest BCUT2D eigenvalue weighted by Gasteiger charge is 2.06. The molecule has 0 aromatic heterocycles. The van der Waals surface area contributed by atoms with Crippen molar-refractivity contribution in [1.82, 2.24) is 10.6 Å². The van der Waals surface area contributed by atoms with Gasteiger partial charge in [0.15, 0.2) is 5.96 Å². The predicted octanol–water partition coefficient (Wildman–Crippen LogP) is 2.49. The molecule has 6 nitrogen and oxygen atoms in total. The third-order valence-corrected chi connectivity index (χ3v) is 3.16. The summed E-state index contributed by atoms with van der Waals surface area (Å²) in [6.45, 7) is 7.88. The van der Waals surface area contributed by atoms with E-state index < -0.39 is 0 Å². The van der Waals surface area contributed by atoms with Crippen LogP contribution in [-0.2, 0) is 9.53 Å². The summed E-state index contributed by atoms with van der Waals surface area (Å²) in [5.74, 6) is 0.796. The first-order chi connectivity index (χ1) is 12.0. The van der Waals surface area contributed by atoms with E-state index >= 15 is 0 Å². The Morgan fingerprint density at radius 1 is 1.24 bits per heavy atom. The zero-order valence-corrected chi connectivity index (χ0v) is 15.2. The van der Waals surface area contributed by atoms with Crippen molar-refractivity contribution < 1.29 is 18.7 Å². The number of nitrogens with one attached hydrogen (secondary N) is 2. The summed E-state index contributed by atoms with van der Waals surface area (Å²) in [6.07, 6.45) is 0.898. The summed E-state index contributed by atoms with van der Waals surface area (Å²) in [6, 6.07) is 5.91. The number of hydrogen-bond acceptors (Lipinski definition) is 4. The summed E-state index contributed by atoms with van der Waals surface area (Å²) in [5, 5.41) is 6.31. The smallest absolute Gasteiger partial charge is 0.305 e. The van der Waals surface area contributed by atoms with Crippen molar-refractivity contribution in [3.05, 3.63) is 30.1 Å². The van der Waals surface area contributed by atoms with E-state index in [1.54, 1.807) is 19.1 Å². The van der Waals surface area contributed by atoms with Crippen LogP contribution in [0.3, 0.4) is 0 Å². The van der Waals surface area contributed by atoms with Crippen LogP contribution in [0.5, 0.6) is 5.75 Å². The SMILES string of the molecule is CCNC(=NCC(C)Oc1ccc(F)cc1)NCCCC(=O)OCC. The normalized spacial score (nSPS) is 12.4. The number of aliphatic imine (C=N–C) groups is 1. The van der Waals surface area contributed by atoms with Gasteiger partial charge in [0.25, 0.3) is 0 Å². The lowest BCUT2D eigenvalue weighted by Gasteiger charge is -2.15. The van der Waals surface area contributed by atoms with Gasteiger partial charge in [-0.2, -0.15) is 0 Å². The maximum atomic E-state index is 12.9. The molecule has 7 heteroatoms. The van der Waals surface area contributed by atoms with Gasteiger partial charge in [0.05, 0.1) is 13.2 Å². The molecule has 0 fully saturated rings. The highest BCUT2D eigenvalue weighted by Crippen LogP contribution is 2.13. The Morgan fingerprint density at radius 2 is 1.96 bits per heavy atom. The lowest BCUT2D eigenvalue weighted by Crippen LogP contribution is -2.38. The molecule has 0 aliphatic carbocycles. The fraction of sp³-hybridized carbons (Fsp3) is 0.556. The van der Waals surface area contributed by atoms with Crippen molar-refractivity contribution in [1.29, 1.82) is 0 Å². The third-order valence-electron chi connectivity index (χ3n) is 3.16. The van der Waals surface area contributed by atoms with Gasteiger partial charge in [-0.25, -0.2) is 9.38 Å². The maximum absolute atomic E-state index is 12.9. The number of carbonyl (C=O) groups excluding carboxylic acids is 1. The maximum Gasteiger partial charge on any atom is 0.305 e. The van der Waals surface area contributed by atoms with Gasteiger partial charge in [0.2, 0.25) is 0 Å². The van der Waals surface area contributed by atoms with Crippen molar-refractivity contribution in [3.63, 3.8) is 0 Å². The van der Waals surface area contributed by atoms with Crippen LogP contribution < -0.4 is 15.4 Å². The van der Waals surface area contributed by atoms with Crippen LogP contribution >= 0.6 is 0 Å². The van der Waals surface area contributed by atoms with E-state index in [0.717, 1.165) is 6.54 Å². The van der Waals surface area contributed by atoms with E-state index in [1.165, 1.54) is 12.1 Å². The Bertz CT molecular complexity index is 535. The molecule has 0 aliphatic rings. The Hall–Kier alpha value is -2.31. The highest BCUT2D eigenvalue weighted by atomic mass is 19.1. The molecular weight excluding hydrogens is 325 g/mol. The largest absolute Gasteiger partial charge is 0.489 e. The highest BCUT2D eigenvalue weighted by molar-refractivity contribution is 5.79. The molecule has 1 aromatic carbocycles. The second-order valence-electron chi connectivity index (χ2n) is 5.44. The number of halogens is 1. The zero-order chi connectivity index (χ0) is 18.5. The summed E-state index contributed by atoms with van der Waals surface area (Å²) >= 11 is 0. The minimum atomic E-state index is -0.292. The van der Waals surface area contributed by atoms with Crippen molar-refractivity contribution >= 4 is 11.9 Å². The summed E-state index contributed by atoms with van der Waals surface area (Å²) in [5.41, 5.74) is 0. The van der Waals surface area contributed by atoms with Crippen LogP contribution in [0, 0.1) is 5.82 Å². The summed E-state index contributed by atoms with van der Waals surface area (Å²) in [7, 11) is 0. The number of nitrogens with zero attached hydrogens (tertiary/aromatic N) is 1. The second kappa shape index (κ2) is 12.1. The minimum Gasteiger partial charge on any atom is -0.489 e. The number of hydrogen-bond donors (Lipinski definition) is 2. The van der Waals surface area contributed by atoms with E-state index in [1.807, 2.05) is 13.8 Å². The van der Waals surface area contributed by atoms with E-state index in [0.29, 0.717) is 44.2 Å². The van der Waals surface area contributed by atoms with Crippen molar-refractivity contribution in [3.8, 4) is 5.75 Å². The molecule has 0 heterocycles. The summed E-state index contributed by atoms with van der Waals surface area (Å²) < 4.78 is 23.5. The number of benzene rings is 1. The quantitative estimate of drug-likeness (QED) is 0.293. The van der Waals surface area contributed by atoms with Crippen LogP contribution in [0.1, 0.15) is 33.6 Å². The Kier molecular flexibility index (Phi) is 10.0. The number of rotatable bonds is 10. The van der Waals surface area contributed by atoms with Crippen LogP contribution in [0.2, 0.25) is 0 Å². The van der Waals surface area contributed by atoms with Gasteiger partial charge in [0.1, 0.15) is 17.7 Å². The average molecular weight is 353 g/mol. The molecule has 140 valence electrons. The molecule has 2 N–H and O–H groups in total. The molecule has 1 aromatic rings. The third kappa shape index (κ3) is 9.54. The number of guanidine groups is 1. The Morgan fingerprint density at radius 3 is 2.60 bits per heavy atom. The molecule has 1 atom stereocenters. The molecule has 25 heavy (non-hydrogen) atoms. The van der Waals surface area contributed by atoms with Gasteiger partial charge in [-0.05, 0) is 51.5 Å².